The number of nitrogens with zero attached hydrogens (tertiary/aromatic N) is 3. The highest BCUT2D eigenvalue weighted by Gasteiger charge is 2.19. The summed E-state index contributed by atoms with van der Waals surface area (Å²) in [7, 11) is 0. The standard InChI is InChI=1S/C26H28N4O3/c1-26(2,3)17-28-21-15-23(33-20-7-5-4-6-8-20)29-30-22(16-27-24(21)30)18-9-11-19(12-10-18)25-31-13-14-32-25/h4-12,15-16,25,28H,13-14,17H2,1-3H3. The molecule has 2 aromatic carbocycles. The number of aromatic nitrogens is 3. The third-order valence-electron chi connectivity index (χ3n) is 5.32. The van der Waals surface area contributed by atoms with Gasteiger partial charge in [0.05, 0.1) is 30.8 Å². The highest BCUT2D eigenvalue weighted by molar-refractivity contribution is 5.73. The lowest BCUT2D eigenvalue weighted by molar-refractivity contribution is -0.0441. The van der Waals surface area contributed by atoms with Gasteiger partial charge in [-0.1, -0.05) is 63.2 Å². The van der Waals surface area contributed by atoms with Gasteiger partial charge in [-0.25, -0.2) is 9.50 Å². The molecule has 170 valence electrons. The van der Waals surface area contributed by atoms with Crippen molar-refractivity contribution in [1.82, 2.24) is 14.6 Å². The normalized spacial score (nSPS) is 14.6. The maximum Gasteiger partial charge on any atom is 0.239 e. The van der Waals surface area contributed by atoms with Crippen LogP contribution in [0.2, 0.25) is 0 Å². The number of ether oxygens (including phenoxy) is 3. The van der Waals surface area contributed by atoms with E-state index in [1.165, 1.54) is 0 Å². The molecule has 0 amide bonds. The van der Waals surface area contributed by atoms with Crippen LogP contribution in [0.1, 0.15) is 32.6 Å². The molecule has 0 saturated carbocycles. The van der Waals surface area contributed by atoms with Gasteiger partial charge in [0.25, 0.3) is 0 Å². The Kier molecular flexibility index (Phi) is 5.74. The summed E-state index contributed by atoms with van der Waals surface area (Å²) in [6.07, 6.45) is 1.55. The predicted octanol–water partition coefficient (Wildman–Crippen LogP) is 5.69. The minimum atomic E-state index is -0.293. The molecular formula is C26H28N4O3. The molecule has 5 rings (SSSR count). The van der Waals surface area contributed by atoms with Crippen LogP contribution in [0, 0.1) is 5.41 Å². The Hall–Kier alpha value is -3.42. The zero-order valence-electron chi connectivity index (χ0n) is 19.1. The smallest absolute Gasteiger partial charge is 0.239 e. The molecule has 1 aliphatic heterocycles. The van der Waals surface area contributed by atoms with Gasteiger partial charge in [-0.3, -0.25) is 0 Å². The Bertz CT molecular complexity index is 1220. The van der Waals surface area contributed by atoms with E-state index in [1.54, 1.807) is 0 Å². The van der Waals surface area contributed by atoms with Crippen LogP contribution in [0.3, 0.4) is 0 Å². The molecule has 0 bridgehead atoms. The second kappa shape index (κ2) is 8.84. The average molecular weight is 445 g/mol. The highest BCUT2D eigenvalue weighted by Crippen LogP contribution is 2.31. The molecule has 0 unspecified atom stereocenters. The van der Waals surface area contributed by atoms with Crippen molar-refractivity contribution in [3.63, 3.8) is 0 Å². The van der Waals surface area contributed by atoms with Gasteiger partial charge < -0.3 is 19.5 Å². The Labute approximate surface area is 193 Å². The van der Waals surface area contributed by atoms with Gasteiger partial charge in [0.1, 0.15) is 5.75 Å². The predicted molar refractivity (Wildman–Crippen MR) is 128 cm³/mol. The lowest BCUT2D eigenvalue weighted by Crippen LogP contribution is -2.19. The van der Waals surface area contributed by atoms with Gasteiger partial charge in [0, 0.05) is 23.7 Å². The monoisotopic (exact) mass is 444 g/mol. The van der Waals surface area contributed by atoms with Crippen LogP contribution in [-0.4, -0.2) is 34.4 Å². The first-order chi connectivity index (χ1) is 16.0. The number of rotatable bonds is 6. The van der Waals surface area contributed by atoms with E-state index < -0.39 is 0 Å². The lowest BCUT2D eigenvalue weighted by Gasteiger charge is -2.20. The summed E-state index contributed by atoms with van der Waals surface area (Å²) in [6.45, 7) is 8.61. The summed E-state index contributed by atoms with van der Waals surface area (Å²) in [5.41, 5.74) is 4.61. The summed E-state index contributed by atoms with van der Waals surface area (Å²) < 4.78 is 19.1. The number of hydrogen-bond donors (Lipinski definition) is 1. The van der Waals surface area contributed by atoms with Crippen molar-refractivity contribution in [1.29, 1.82) is 0 Å². The second-order valence-electron chi connectivity index (χ2n) is 9.30. The number of imidazole rings is 1. The van der Waals surface area contributed by atoms with Crippen LogP contribution in [0.15, 0.2) is 66.9 Å². The average Bonchev–Trinajstić information content (AvgIpc) is 3.48. The summed E-state index contributed by atoms with van der Waals surface area (Å²) in [4.78, 5) is 4.68. The Morgan fingerprint density at radius 1 is 1.03 bits per heavy atom. The Morgan fingerprint density at radius 3 is 2.45 bits per heavy atom. The maximum atomic E-state index is 6.07. The van der Waals surface area contributed by atoms with Gasteiger partial charge in [-0.15, -0.1) is 5.10 Å². The highest BCUT2D eigenvalue weighted by atomic mass is 16.7. The molecule has 1 N–H and O–H groups in total. The maximum absolute atomic E-state index is 6.07. The van der Waals surface area contributed by atoms with Crippen molar-refractivity contribution in [3.8, 4) is 22.9 Å². The van der Waals surface area contributed by atoms with E-state index in [-0.39, 0.29) is 11.7 Å². The fraction of sp³-hybridized carbons (Fsp3) is 0.308. The van der Waals surface area contributed by atoms with Crippen LogP contribution >= 0.6 is 0 Å². The summed E-state index contributed by atoms with van der Waals surface area (Å²) in [6, 6.07) is 19.7. The summed E-state index contributed by atoms with van der Waals surface area (Å²) in [5.74, 6) is 1.22. The van der Waals surface area contributed by atoms with Crippen molar-refractivity contribution in [2.75, 3.05) is 25.1 Å². The van der Waals surface area contributed by atoms with E-state index >= 15 is 0 Å². The van der Waals surface area contributed by atoms with Gasteiger partial charge in [0.15, 0.2) is 11.9 Å². The van der Waals surface area contributed by atoms with E-state index in [0.29, 0.717) is 19.1 Å². The van der Waals surface area contributed by atoms with Crippen LogP contribution < -0.4 is 10.1 Å². The first-order valence-electron chi connectivity index (χ1n) is 11.2. The molecule has 7 nitrogen and oxygen atoms in total. The molecule has 1 aliphatic rings. The van der Waals surface area contributed by atoms with Gasteiger partial charge >= 0.3 is 0 Å². The summed E-state index contributed by atoms with van der Waals surface area (Å²) >= 11 is 0. The van der Waals surface area contributed by atoms with Crippen molar-refractivity contribution in [2.45, 2.75) is 27.1 Å². The Balaban J connectivity index is 1.53. The van der Waals surface area contributed by atoms with Crippen LogP contribution in [-0.2, 0) is 9.47 Å². The fourth-order valence-corrected chi connectivity index (χ4v) is 3.65. The van der Waals surface area contributed by atoms with Crippen molar-refractivity contribution < 1.29 is 14.2 Å². The van der Waals surface area contributed by atoms with E-state index in [4.69, 9.17) is 19.3 Å². The van der Waals surface area contributed by atoms with Crippen LogP contribution in [0.25, 0.3) is 16.9 Å². The number of fused-ring (bicyclic) bond motifs is 1. The molecule has 4 aromatic rings. The van der Waals surface area contributed by atoms with E-state index in [1.807, 2.05) is 71.4 Å². The SMILES string of the molecule is CC(C)(C)CNc1cc(Oc2ccccc2)nn2c(-c3ccc(C4OCCO4)cc3)cnc12. The van der Waals surface area contributed by atoms with Crippen LogP contribution in [0.4, 0.5) is 5.69 Å². The summed E-state index contributed by atoms with van der Waals surface area (Å²) in [5, 5.41) is 8.28. The molecule has 1 fully saturated rings. The molecule has 0 spiro atoms. The zero-order valence-corrected chi connectivity index (χ0v) is 19.1. The molecule has 0 aliphatic carbocycles. The fourth-order valence-electron chi connectivity index (χ4n) is 3.65. The topological polar surface area (TPSA) is 69.9 Å². The third-order valence-corrected chi connectivity index (χ3v) is 5.32. The molecule has 7 heteroatoms. The lowest BCUT2D eigenvalue weighted by atomic mass is 9.97. The molecule has 3 heterocycles. The molecule has 0 radical (unpaired) electrons. The van der Waals surface area contributed by atoms with Crippen molar-refractivity contribution in [3.05, 3.63) is 72.4 Å². The Morgan fingerprint density at radius 2 is 1.76 bits per heavy atom. The number of hydrogen-bond acceptors (Lipinski definition) is 6. The number of anilines is 1. The minimum absolute atomic E-state index is 0.107. The van der Waals surface area contributed by atoms with Gasteiger partial charge in [-0.2, -0.15) is 0 Å². The number of nitrogens with one attached hydrogen (secondary N) is 1. The molecule has 1 saturated heterocycles. The van der Waals surface area contributed by atoms with Crippen molar-refractivity contribution >= 4 is 11.3 Å². The molecular weight excluding hydrogens is 416 g/mol. The first kappa shape index (κ1) is 21.4. The third kappa shape index (κ3) is 4.84. The molecule has 2 aromatic heterocycles. The minimum Gasteiger partial charge on any atom is -0.438 e. The largest absolute Gasteiger partial charge is 0.438 e. The molecule has 33 heavy (non-hydrogen) atoms. The van der Waals surface area contributed by atoms with Gasteiger partial charge in [-0.05, 0) is 17.5 Å². The van der Waals surface area contributed by atoms with E-state index in [0.717, 1.165) is 40.4 Å². The number of benzene rings is 2. The van der Waals surface area contributed by atoms with E-state index in [9.17, 15) is 0 Å². The second-order valence-corrected chi connectivity index (χ2v) is 9.30. The van der Waals surface area contributed by atoms with Gasteiger partial charge in [0.2, 0.25) is 5.88 Å². The molecule has 0 atom stereocenters. The van der Waals surface area contributed by atoms with E-state index in [2.05, 4.69) is 31.1 Å². The van der Waals surface area contributed by atoms with Crippen LogP contribution in [0.5, 0.6) is 11.6 Å². The van der Waals surface area contributed by atoms with Crippen molar-refractivity contribution in [2.24, 2.45) is 5.41 Å². The zero-order chi connectivity index (χ0) is 22.8. The quantitative estimate of drug-likeness (QED) is 0.412. The first-order valence-corrected chi connectivity index (χ1v) is 11.2. The number of para-hydroxylation sites is 1.